The third-order valence-electron chi connectivity index (χ3n) is 4.80. The number of nitrogens with two attached hydrogens (primary N) is 1. The summed E-state index contributed by atoms with van der Waals surface area (Å²) in [5, 5.41) is 2.88. The van der Waals surface area contributed by atoms with Crippen LogP contribution in [0.2, 0.25) is 0 Å². The number of carbonyl (C=O) groups is 3. The number of nitrogens with one attached hydrogen (secondary N) is 1. The molecule has 0 radical (unpaired) electrons. The fraction of sp³-hybridized carbons (Fsp3) is 0.526. The molecule has 0 atom stereocenters. The maximum absolute atomic E-state index is 12.6. The Kier molecular flexibility index (Phi) is 6.65. The van der Waals surface area contributed by atoms with Gasteiger partial charge >= 0.3 is 0 Å². The van der Waals surface area contributed by atoms with Crippen LogP contribution in [0.25, 0.3) is 0 Å². The largest absolute Gasteiger partial charge is 0.493 e. The van der Waals surface area contributed by atoms with Gasteiger partial charge in [-0.1, -0.05) is 12.8 Å². The quantitative estimate of drug-likeness (QED) is 0.700. The molecular formula is C19H27N3O5. The van der Waals surface area contributed by atoms with Gasteiger partial charge in [-0.05, 0) is 31.0 Å². The van der Waals surface area contributed by atoms with Crippen LogP contribution in [0.15, 0.2) is 18.2 Å². The van der Waals surface area contributed by atoms with E-state index in [4.69, 9.17) is 15.2 Å². The molecule has 27 heavy (non-hydrogen) atoms. The number of amides is 3. The molecule has 1 aliphatic rings. The van der Waals surface area contributed by atoms with Crippen LogP contribution >= 0.6 is 0 Å². The molecule has 3 amide bonds. The van der Waals surface area contributed by atoms with Gasteiger partial charge in [-0.2, -0.15) is 0 Å². The van der Waals surface area contributed by atoms with Crippen molar-refractivity contribution >= 4 is 17.7 Å². The van der Waals surface area contributed by atoms with Gasteiger partial charge in [0.15, 0.2) is 18.1 Å². The van der Waals surface area contributed by atoms with Gasteiger partial charge in [-0.15, -0.1) is 0 Å². The number of methoxy groups -OCH3 is 1. The average Bonchev–Trinajstić information content (AvgIpc) is 3.13. The van der Waals surface area contributed by atoms with Crippen LogP contribution in [-0.4, -0.2) is 57.0 Å². The standard InChI is InChI=1S/C19H27N3O5/c1-22(2)18(25)19(8-4-5-9-19)12-21-17(24)13-6-7-14(15(10-13)26-3)27-11-16(20)23/h6-7,10H,4-5,8-9,11-12H2,1-3H3,(H2,20,23)(H,21,24). The summed E-state index contributed by atoms with van der Waals surface area (Å²) < 4.78 is 10.5. The molecule has 8 nitrogen and oxygen atoms in total. The summed E-state index contributed by atoms with van der Waals surface area (Å²) in [6.45, 7) is 0.0160. The zero-order chi connectivity index (χ0) is 20.0. The van der Waals surface area contributed by atoms with Crippen molar-refractivity contribution in [2.45, 2.75) is 25.7 Å². The number of ether oxygens (including phenoxy) is 2. The SMILES string of the molecule is COc1cc(C(=O)NCC2(C(=O)N(C)C)CCCC2)ccc1OCC(N)=O. The van der Waals surface area contributed by atoms with Crippen LogP contribution in [0.3, 0.4) is 0 Å². The minimum Gasteiger partial charge on any atom is -0.493 e. The molecule has 1 fully saturated rings. The average molecular weight is 377 g/mol. The third kappa shape index (κ3) is 4.90. The van der Waals surface area contributed by atoms with Crippen LogP contribution in [-0.2, 0) is 9.59 Å². The van der Waals surface area contributed by atoms with E-state index in [2.05, 4.69) is 5.32 Å². The molecule has 1 aromatic rings. The number of rotatable bonds is 8. The van der Waals surface area contributed by atoms with Gasteiger partial charge in [0.05, 0.1) is 12.5 Å². The van der Waals surface area contributed by atoms with E-state index in [1.54, 1.807) is 31.1 Å². The van der Waals surface area contributed by atoms with Gasteiger partial charge in [0.1, 0.15) is 0 Å². The number of hydrogen-bond acceptors (Lipinski definition) is 5. The molecule has 1 aromatic carbocycles. The Morgan fingerprint density at radius 2 is 1.85 bits per heavy atom. The van der Waals surface area contributed by atoms with E-state index >= 15 is 0 Å². The summed E-state index contributed by atoms with van der Waals surface area (Å²) in [5.41, 5.74) is 4.91. The third-order valence-corrected chi connectivity index (χ3v) is 4.80. The molecule has 0 saturated heterocycles. The van der Waals surface area contributed by atoms with Crippen LogP contribution in [0.5, 0.6) is 11.5 Å². The lowest BCUT2D eigenvalue weighted by atomic mass is 9.84. The zero-order valence-corrected chi connectivity index (χ0v) is 16.0. The van der Waals surface area contributed by atoms with Crippen molar-refractivity contribution in [2.24, 2.45) is 11.1 Å². The zero-order valence-electron chi connectivity index (χ0n) is 16.0. The van der Waals surface area contributed by atoms with E-state index in [0.717, 1.165) is 25.7 Å². The molecule has 2 rings (SSSR count). The molecule has 0 bridgehead atoms. The number of nitrogens with zero attached hydrogens (tertiary/aromatic N) is 1. The fourth-order valence-corrected chi connectivity index (χ4v) is 3.42. The van der Waals surface area contributed by atoms with Gasteiger partial charge in [-0.25, -0.2) is 0 Å². The normalized spacial score (nSPS) is 15.1. The summed E-state index contributed by atoms with van der Waals surface area (Å²) in [7, 11) is 4.91. The highest BCUT2D eigenvalue weighted by Crippen LogP contribution is 2.39. The predicted molar refractivity (Wildman–Crippen MR) is 99.6 cm³/mol. The summed E-state index contributed by atoms with van der Waals surface area (Å²) >= 11 is 0. The lowest BCUT2D eigenvalue weighted by Crippen LogP contribution is -2.46. The highest BCUT2D eigenvalue weighted by atomic mass is 16.5. The summed E-state index contributed by atoms with van der Waals surface area (Å²) in [5.74, 6) is -0.210. The van der Waals surface area contributed by atoms with Crippen LogP contribution < -0.4 is 20.5 Å². The van der Waals surface area contributed by atoms with E-state index < -0.39 is 11.3 Å². The van der Waals surface area contributed by atoms with Crippen LogP contribution in [0.4, 0.5) is 0 Å². The fourth-order valence-electron chi connectivity index (χ4n) is 3.42. The second kappa shape index (κ2) is 8.75. The molecule has 0 spiro atoms. The van der Waals surface area contributed by atoms with Crippen molar-refractivity contribution in [3.05, 3.63) is 23.8 Å². The Bertz CT molecular complexity index is 711. The molecule has 1 saturated carbocycles. The summed E-state index contributed by atoms with van der Waals surface area (Å²) in [6.07, 6.45) is 3.51. The number of carbonyl (C=O) groups excluding carboxylic acids is 3. The van der Waals surface area contributed by atoms with Gasteiger partial charge < -0.3 is 25.4 Å². The molecule has 0 heterocycles. The van der Waals surface area contributed by atoms with E-state index in [9.17, 15) is 14.4 Å². The lowest BCUT2D eigenvalue weighted by molar-refractivity contribution is -0.138. The minimum absolute atomic E-state index is 0.0491. The first kappa shape index (κ1) is 20.5. The summed E-state index contributed by atoms with van der Waals surface area (Å²) in [6, 6.07) is 4.65. The Labute approximate surface area is 159 Å². The highest BCUT2D eigenvalue weighted by Gasteiger charge is 2.42. The molecule has 0 aromatic heterocycles. The van der Waals surface area contributed by atoms with Crippen LogP contribution in [0, 0.1) is 5.41 Å². The van der Waals surface area contributed by atoms with E-state index in [0.29, 0.717) is 23.6 Å². The maximum atomic E-state index is 12.6. The monoisotopic (exact) mass is 377 g/mol. The van der Waals surface area contributed by atoms with Crippen molar-refractivity contribution in [3.63, 3.8) is 0 Å². The highest BCUT2D eigenvalue weighted by molar-refractivity contribution is 5.95. The molecule has 0 unspecified atom stereocenters. The van der Waals surface area contributed by atoms with E-state index in [-0.39, 0.29) is 18.4 Å². The van der Waals surface area contributed by atoms with Crippen molar-refractivity contribution in [2.75, 3.05) is 34.4 Å². The molecule has 8 heteroatoms. The van der Waals surface area contributed by atoms with Gasteiger partial charge in [0, 0.05) is 26.2 Å². The molecule has 3 N–H and O–H groups in total. The number of primary amides is 1. The molecular weight excluding hydrogens is 350 g/mol. The van der Waals surface area contributed by atoms with E-state index in [1.807, 2.05) is 0 Å². The van der Waals surface area contributed by atoms with Gasteiger partial charge in [0.2, 0.25) is 5.91 Å². The van der Waals surface area contributed by atoms with Gasteiger partial charge in [0.25, 0.3) is 11.8 Å². The molecule has 0 aliphatic heterocycles. The van der Waals surface area contributed by atoms with Crippen molar-refractivity contribution in [1.29, 1.82) is 0 Å². The Balaban J connectivity index is 2.08. The second-order valence-electron chi connectivity index (χ2n) is 6.99. The molecule has 148 valence electrons. The van der Waals surface area contributed by atoms with Crippen molar-refractivity contribution in [1.82, 2.24) is 10.2 Å². The number of benzene rings is 1. The van der Waals surface area contributed by atoms with E-state index in [1.165, 1.54) is 13.2 Å². The van der Waals surface area contributed by atoms with Crippen molar-refractivity contribution in [3.8, 4) is 11.5 Å². The summed E-state index contributed by atoms with van der Waals surface area (Å²) in [4.78, 5) is 37.6. The molecule has 1 aliphatic carbocycles. The van der Waals surface area contributed by atoms with Crippen LogP contribution in [0.1, 0.15) is 36.0 Å². The van der Waals surface area contributed by atoms with Gasteiger partial charge in [-0.3, -0.25) is 14.4 Å². The topological polar surface area (TPSA) is 111 Å². The first-order chi connectivity index (χ1) is 12.8. The predicted octanol–water partition coefficient (Wildman–Crippen LogP) is 0.938. The Hall–Kier alpha value is -2.77. The smallest absolute Gasteiger partial charge is 0.255 e. The first-order valence-electron chi connectivity index (χ1n) is 8.88. The second-order valence-corrected chi connectivity index (χ2v) is 6.99. The minimum atomic E-state index is -0.605. The first-order valence-corrected chi connectivity index (χ1v) is 8.88. The number of hydrogen-bond donors (Lipinski definition) is 2. The Morgan fingerprint density at radius 3 is 2.41 bits per heavy atom. The Morgan fingerprint density at radius 1 is 1.19 bits per heavy atom. The lowest BCUT2D eigenvalue weighted by Gasteiger charge is -2.30. The maximum Gasteiger partial charge on any atom is 0.255 e. The van der Waals surface area contributed by atoms with Crippen molar-refractivity contribution < 1.29 is 23.9 Å².